The maximum Gasteiger partial charge on any atom is 0.274 e. The number of amides is 1. The first kappa shape index (κ1) is 20.9. The molecule has 9 heteroatoms. The highest BCUT2D eigenvalue weighted by Crippen LogP contribution is 2.35. The number of methoxy groups -OCH3 is 2. The van der Waals surface area contributed by atoms with E-state index in [1.807, 2.05) is 0 Å². The van der Waals surface area contributed by atoms with Crippen molar-refractivity contribution in [2.24, 2.45) is 5.73 Å². The Bertz CT molecular complexity index is 940. The third-order valence-electron chi connectivity index (χ3n) is 5.09. The number of pyridine rings is 1. The zero-order valence-corrected chi connectivity index (χ0v) is 16.2. The molecule has 3 rings (SSSR count). The maximum absolute atomic E-state index is 14.4. The lowest BCUT2D eigenvalue weighted by atomic mass is 9.97. The van der Waals surface area contributed by atoms with Crippen molar-refractivity contribution in [3.63, 3.8) is 0 Å². The molecule has 1 aliphatic rings. The quantitative estimate of drug-likeness (QED) is 0.756. The van der Waals surface area contributed by atoms with Gasteiger partial charge >= 0.3 is 0 Å². The van der Waals surface area contributed by atoms with E-state index in [0.29, 0.717) is 0 Å². The van der Waals surface area contributed by atoms with Gasteiger partial charge in [-0.2, -0.15) is 0 Å². The third-order valence-corrected chi connectivity index (χ3v) is 5.09. The van der Waals surface area contributed by atoms with Gasteiger partial charge in [0.05, 0.1) is 19.8 Å². The lowest BCUT2D eigenvalue weighted by Gasteiger charge is -2.21. The Morgan fingerprint density at radius 1 is 1.24 bits per heavy atom. The number of hydrogen-bond donors (Lipinski definition) is 1. The molecule has 1 aromatic carbocycles. The topological polar surface area (TPSA) is 86.8 Å². The molecule has 156 valence electrons. The molecule has 2 aromatic rings. The maximum atomic E-state index is 14.4. The average Bonchev–Trinajstić information content (AvgIpc) is 3.06. The van der Waals surface area contributed by atoms with Crippen molar-refractivity contribution >= 4 is 11.6 Å². The van der Waals surface area contributed by atoms with E-state index in [9.17, 15) is 18.4 Å². The monoisotopic (exact) mass is 407 g/mol. The van der Waals surface area contributed by atoms with Crippen LogP contribution in [-0.2, 0) is 9.53 Å². The van der Waals surface area contributed by atoms with Crippen LogP contribution < -0.4 is 20.9 Å². The van der Waals surface area contributed by atoms with Gasteiger partial charge in [-0.15, -0.1) is 0 Å². The first-order valence-electron chi connectivity index (χ1n) is 9.14. The number of rotatable bonds is 7. The van der Waals surface area contributed by atoms with Crippen LogP contribution in [0.5, 0.6) is 5.75 Å². The second-order valence-electron chi connectivity index (χ2n) is 6.86. The summed E-state index contributed by atoms with van der Waals surface area (Å²) < 4.78 is 40.3. The molecule has 1 aliphatic heterocycles. The van der Waals surface area contributed by atoms with E-state index < -0.39 is 29.2 Å². The minimum atomic E-state index is -0.782. The number of aromatic nitrogens is 1. The molecule has 2 heterocycles. The zero-order valence-electron chi connectivity index (χ0n) is 16.2. The van der Waals surface area contributed by atoms with Crippen molar-refractivity contribution < 1.29 is 23.0 Å². The fourth-order valence-corrected chi connectivity index (χ4v) is 3.65. The molecule has 1 amide bonds. The predicted molar refractivity (Wildman–Crippen MR) is 103 cm³/mol. The van der Waals surface area contributed by atoms with Gasteiger partial charge in [0.1, 0.15) is 23.1 Å². The van der Waals surface area contributed by atoms with Crippen molar-refractivity contribution in [3.8, 4) is 5.75 Å². The number of benzene rings is 1. The molecule has 0 bridgehead atoms. The van der Waals surface area contributed by atoms with Gasteiger partial charge in [-0.05, 0) is 12.1 Å². The van der Waals surface area contributed by atoms with Crippen molar-refractivity contribution in [2.45, 2.75) is 18.4 Å². The fourth-order valence-electron chi connectivity index (χ4n) is 3.65. The van der Waals surface area contributed by atoms with E-state index in [1.54, 1.807) is 12.3 Å². The molecule has 1 saturated heterocycles. The lowest BCUT2D eigenvalue weighted by Crippen LogP contribution is -2.37. The molecular weight excluding hydrogens is 384 g/mol. The Hall–Kier alpha value is -2.78. The number of nitrogens with zero attached hydrogens (tertiary/aromatic N) is 2. The normalized spacial score (nSPS) is 17.6. The Balaban J connectivity index is 1.93. The van der Waals surface area contributed by atoms with E-state index >= 15 is 0 Å². The number of anilines is 1. The van der Waals surface area contributed by atoms with Crippen molar-refractivity contribution in [1.29, 1.82) is 0 Å². The molecule has 2 N–H and O–H groups in total. The highest BCUT2D eigenvalue weighted by molar-refractivity contribution is 5.96. The van der Waals surface area contributed by atoms with Crippen molar-refractivity contribution in [2.75, 3.05) is 38.8 Å². The second-order valence-corrected chi connectivity index (χ2v) is 6.86. The number of ether oxygens (including phenoxy) is 2. The number of halogens is 2. The predicted octanol–water partition coefficient (Wildman–Crippen LogP) is 1.80. The molecule has 0 spiro atoms. The van der Waals surface area contributed by atoms with Gasteiger partial charge in [-0.3, -0.25) is 9.59 Å². The standard InChI is InChI=1S/C20H23F2N3O4/c1-28-11-13(9-23)24-5-3-4-17(20(24)27)25-10-12(6-18(25)26)19-15(21)7-14(29-2)8-16(19)22/h3-5,7-8,12-13H,6,9-11,23H2,1-2H3/t12-,13?/m0/s1. The molecule has 0 aliphatic carbocycles. The van der Waals surface area contributed by atoms with Crippen LogP contribution in [0.2, 0.25) is 0 Å². The summed E-state index contributed by atoms with van der Waals surface area (Å²) in [6.07, 6.45) is 1.47. The van der Waals surface area contributed by atoms with Crippen molar-refractivity contribution in [1.82, 2.24) is 4.57 Å². The van der Waals surface area contributed by atoms with Gasteiger partial charge < -0.3 is 24.7 Å². The van der Waals surface area contributed by atoms with Crippen LogP contribution in [0.25, 0.3) is 0 Å². The van der Waals surface area contributed by atoms with Crippen LogP contribution in [0.15, 0.2) is 35.3 Å². The Morgan fingerprint density at radius 2 is 1.93 bits per heavy atom. The molecular formula is C20H23F2N3O4. The number of carbonyl (C=O) groups is 1. The summed E-state index contributed by atoms with van der Waals surface area (Å²) >= 11 is 0. The first-order chi connectivity index (χ1) is 13.9. The number of hydrogen-bond acceptors (Lipinski definition) is 5. The molecule has 1 unspecified atom stereocenters. The van der Waals surface area contributed by atoms with Crippen LogP contribution in [0.1, 0.15) is 23.9 Å². The summed E-state index contributed by atoms with van der Waals surface area (Å²) in [5.74, 6) is -2.60. The van der Waals surface area contributed by atoms with Gasteiger partial charge in [0, 0.05) is 56.4 Å². The first-order valence-corrected chi connectivity index (χ1v) is 9.14. The highest BCUT2D eigenvalue weighted by Gasteiger charge is 2.36. The summed E-state index contributed by atoms with van der Waals surface area (Å²) in [7, 11) is 2.82. The lowest BCUT2D eigenvalue weighted by molar-refractivity contribution is -0.117. The van der Waals surface area contributed by atoms with Crippen molar-refractivity contribution in [3.05, 3.63) is 58.0 Å². The van der Waals surface area contributed by atoms with E-state index in [1.165, 1.54) is 29.8 Å². The molecule has 1 fully saturated rings. The number of nitrogens with two attached hydrogens (primary N) is 1. The summed E-state index contributed by atoms with van der Waals surface area (Å²) in [4.78, 5) is 26.8. The molecule has 2 atom stereocenters. The Morgan fingerprint density at radius 3 is 2.52 bits per heavy atom. The molecule has 0 radical (unpaired) electrons. The van der Waals surface area contributed by atoms with Gasteiger partial charge in [0.2, 0.25) is 5.91 Å². The summed E-state index contributed by atoms with van der Waals surface area (Å²) in [5.41, 5.74) is 5.28. The number of carbonyl (C=O) groups excluding carboxylic acids is 1. The SMILES string of the molecule is COCC(CN)n1cccc(N2C[C@@H](c3c(F)cc(OC)cc3F)CC2=O)c1=O. The van der Waals surface area contributed by atoms with Gasteiger partial charge in [-0.25, -0.2) is 8.78 Å². The summed E-state index contributed by atoms with van der Waals surface area (Å²) in [6.45, 7) is 0.407. The minimum absolute atomic E-state index is 0.00414. The van der Waals surface area contributed by atoms with E-state index in [2.05, 4.69) is 0 Å². The van der Waals surface area contributed by atoms with Crippen LogP contribution in [-0.4, -0.2) is 44.4 Å². The summed E-state index contributed by atoms with van der Waals surface area (Å²) in [5, 5.41) is 0. The smallest absolute Gasteiger partial charge is 0.274 e. The van der Waals surface area contributed by atoms with Gasteiger partial charge in [0.15, 0.2) is 0 Å². The highest BCUT2D eigenvalue weighted by atomic mass is 19.1. The van der Waals surface area contributed by atoms with Crippen LogP contribution >= 0.6 is 0 Å². The van der Waals surface area contributed by atoms with Crippen LogP contribution in [0.3, 0.4) is 0 Å². The second kappa shape index (κ2) is 8.71. The minimum Gasteiger partial charge on any atom is -0.497 e. The molecule has 0 saturated carbocycles. The van der Waals surface area contributed by atoms with Crippen LogP contribution in [0.4, 0.5) is 14.5 Å². The Labute approximate surface area is 166 Å². The Kier molecular flexibility index (Phi) is 6.29. The van der Waals surface area contributed by atoms with Crippen LogP contribution in [0, 0.1) is 11.6 Å². The van der Waals surface area contributed by atoms with E-state index in [4.69, 9.17) is 15.2 Å². The third kappa shape index (κ3) is 4.01. The fraction of sp³-hybridized carbons (Fsp3) is 0.400. The van der Waals surface area contributed by atoms with Gasteiger partial charge in [0.25, 0.3) is 5.56 Å². The largest absolute Gasteiger partial charge is 0.497 e. The van der Waals surface area contributed by atoms with Gasteiger partial charge in [-0.1, -0.05) is 0 Å². The summed E-state index contributed by atoms with van der Waals surface area (Å²) in [6, 6.07) is 4.91. The zero-order chi connectivity index (χ0) is 21.1. The average molecular weight is 407 g/mol. The van der Waals surface area contributed by atoms with E-state index in [-0.39, 0.29) is 49.0 Å². The molecule has 7 nitrogen and oxygen atoms in total. The molecule has 1 aromatic heterocycles. The molecule has 29 heavy (non-hydrogen) atoms. The van der Waals surface area contributed by atoms with E-state index in [0.717, 1.165) is 12.1 Å².